The molecule has 0 aromatic carbocycles. The molecule has 2 saturated heterocycles. The first-order valence-corrected chi connectivity index (χ1v) is 9.15. The Morgan fingerprint density at radius 3 is 2.86 bits per heavy atom. The lowest BCUT2D eigenvalue weighted by Crippen LogP contribution is -2.55. The van der Waals surface area contributed by atoms with Crippen LogP contribution in [0.3, 0.4) is 0 Å². The predicted octanol–water partition coefficient (Wildman–Crippen LogP) is 3.21. The van der Waals surface area contributed by atoms with E-state index in [0.717, 1.165) is 45.7 Å². The SMILES string of the molecule is CC[C@@H]1CN(Cc2ncc(C(C)(C)C)s2)C[C@]2(CCOC2)O1. The Labute approximate surface area is 137 Å². The van der Waals surface area contributed by atoms with Crippen LogP contribution in [-0.4, -0.2) is 47.9 Å². The van der Waals surface area contributed by atoms with Crippen LogP contribution in [0.2, 0.25) is 0 Å². The normalized spacial score (nSPS) is 30.3. The second-order valence-electron chi connectivity index (χ2n) is 7.67. The number of nitrogens with zero attached hydrogens (tertiary/aromatic N) is 2. The van der Waals surface area contributed by atoms with Gasteiger partial charge in [-0.2, -0.15) is 0 Å². The summed E-state index contributed by atoms with van der Waals surface area (Å²) in [5.41, 5.74) is 0.108. The molecular formula is C17H28N2O2S. The maximum Gasteiger partial charge on any atom is 0.107 e. The monoisotopic (exact) mass is 324 g/mol. The van der Waals surface area contributed by atoms with Crippen LogP contribution in [0, 0.1) is 0 Å². The Morgan fingerprint density at radius 2 is 2.27 bits per heavy atom. The van der Waals surface area contributed by atoms with E-state index in [4.69, 9.17) is 9.47 Å². The number of aromatic nitrogens is 1. The number of hydrogen-bond donors (Lipinski definition) is 0. The smallest absolute Gasteiger partial charge is 0.107 e. The summed E-state index contributed by atoms with van der Waals surface area (Å²) >= 11 is 1.85. The standard InChI is InChI=1S/C17H28N2O2S/c1-5-13-9-19(11-17(21-13)6-7-20-12-17)10-15-18-8-14(22-15)16(2,3)4/h8,13H,5-7,9-12H2,1-4H3/t13-,17+/m1/s1. The summed E-state index contributed by atoms with van der Waals surface area (Å²) in [6.45, 7) is 13.4. The fraction of sp³-hybridized carbons (Fsp3) is 0.824. The van der Waals surface area contributed by atoms with E-state index >= 15 is 0 Å². The number of ether oxygens (including phenoxy) is 2. The van der Waals surface area contributed by atoms with Crippen molar-refractivity contribution in [1.82, 2.24) is 9.88 Å². The molecule has 0 radical (unpaired) electrons. The van der Waals surface area contributed by atoms with Crippen molar-refractivity contribution in [2.45, 2.75) is 64.2 Å². The van der Waals surface area contributed by atoms with E-state index in [1.54, 1.807) is 0 Å². The van der Waals surface area contributed by atoms with Crippen molar-refractivity contribution in [1.29, 1.82) is 0 Å². The zero-order valence-electron chi connectivity index (χ0n) is 14.2. The molecule has 0 N–H and O–H groups in total. The molecule has 0 aliphatic carbocycles. The molecule has 2 fully saturated rings. The minimum Gasteiger partial charge on any atom is -0.378 e. The molecule has 0 saturated carbocycles. The zero-order valence-corrected chi connectivity index (χ0v) is 15.0. The number of morpholine rings is 1. The topological polar surface area (TPSA) is 34.6 Å². The molecule has 3 heterocycles. The number of hydrogen-bond acceptors (Lipinski definition) is 5. The summed E-state index contributed by atoms with van der Waals surface area (Å²) in [5, 5.41) is 1.22. The minimum atomic E-state index is -0.0803. The van der Waals surface area contributed by atoms with E-state index in [0.29, 0.717) is 6.10 Å². The lowest BCUT2D eigenvalue weighted by Gasteiger charge is -2.43. The first-order chi connectivity index (χ1) is 10.4. The van der Waals surface area contributed by atoms with Gasteiger partial charge in [-0.3, -0.25) is 4.90 Å². The maximum atomic E-state index is 6.33. The summed E-state index contributed by atoms with van der Waals surface area (Å²) in [6.07, 6.45) is 4.44. The largest absolute Gasteiger partial charge is 0.378 e. The van der Waals surface area contributed by atoms with Gasteiger partial charge in [0.1, 0.15) is 10.6 Å². The van der Waals surface area contributed by atoms with Crippen molar-refractivity contribution in [3.8, 4) is 0 Å². The Bertz CT molecular complexity index is 503. The van der Waals surface area contributed by atoms with Gasteiger partial charge >= 0.3 is 0 Å². The molecule has 1 spiro atoms. The Kier molecular flexibility index (Phi) is 4.61. The zero-order chi connectivity index (χ0) is 15.8. The predicted molar refractivity (Wildman–Crippen MR) is 89.4 cm³/mol. The van der Waals surface area contributed by atoms with Gasteiger partial charge in [0.05, 0.1) is 19.3 Å². The summed E-state index contributed by atoms with van der Waals surface area (Å²) < 4.78 is 11.9. The van der Waals surface area contributed by atoms with Gasteiger partial charge in [0, 0.05) is 37.2 Å². The van der Waals surface area contributed by atoms with Gasteiger partial charge < -0.3 is 9.47 Å². The van der Waals surface area contributed by atoms with E-state index in [1.807, 2.05) is 17.5 Å². The van der Waals surface area contributed by atoms with Crippen LogP contribution in [0.5, 0.6) is 0 Å². The molecule has 0 bridgehead atoms. The van der Waals surface area contributed by atoms with Gasteiger partial charge in [0.15, 0.2) is 0 Å². The molecule has 22 heavy (non-hydrogen) atoms. The molecule has 5 heteroatoms. The highest BCUT2D eigenvalue weighted by Crippen LogP contribution is 2.33. The van der Waals surface area contributed by atoms with Crippen molar-refractivity contribution in [3.63, 3.8) is 0 Å². The molecular weight excluding hydrogens is 296 g/mol. The molecule has 1 aromatic rings. The van der Waals surface area contributed by atoms with E-state index in [2.05, 4.69) is 37.6 Å². The second kappa shape index (κ2) is 6.19. The molecule has 2 atom stereocenters. The third kappa shape index (κ3) is 3.53. The van der Waals surface area contributed by atoms with Gasteiger partial charge in [0.2, 0.25) is 0 Å². The van der Waals surface area contributed by atoms with Crippen molar-refractivity contribution >= 4 is 11.3 Å². The summed E-state index contributed by atoms with van der Waals surface area (Å²) in [7, 11) is 0. The lowest BCUT2D eigenvalue weighted by atomic mass is 9.96. The highest BCUT2D eigenvalue weighted by atomic mass is 32.1. The Morgan fingerprint density at radius 1 is 1.45 bits per heavy atom. The first kappa shape index (κ1) is 16.4. The third-order valence-electron chi connectivity index (χ3n) is 4.56. The Hall–Kier alpha value is -0.490. The van der Waals surface area contributed by atoms with Crippen LogP contribution in [0.25, 0.3) is 0 Å². The molecule has 0 amide bonds. The number of thiazole rings is 1. The highest BCUT2D eigenvalue weighted by molar-refractivity contribution is 7.11. The average molecular weight is 324 g/mol. The lowest BCUT2D eigenvalue weighted by molar-refractivity contribution is -0.156. The number of rotatable bonds is 3. The Balaban J connectivity index is 1.69. The summed E-state index contributed by atoms with van der Waals surface area (Å²) in [5.74, 6) is 0. The van der Waals surface area contributed by atoms with Gasteiger partial charge in [-0.25, -0.2) is 4.98 Å². The molecule has 2 aliphatic rings. The fourth-order valence-electron chi connectivity index (χ4n) is 3.25. The third-order valence-corrected chi connectivity index (χ3v) is 5.97. The van der Waals surface area contributed by atoms with Crippen LogP contribution < -0.4 is 0 Å². The van der Waals surface area contributed by atoms with Gasteiger partial charge in [-0.15, -0.1) is 11.3 Å². The van der Waals surface area contributed by atoms with E-state index in [1.165, 1.54) is 9.88 Å². The molecule has 124 valence electrons. The summed E-state index contributed by atoms with van der Waals surface area (Å²) in [4.78, 5) is 8.52. The van der Waals surface area contributed by atoms with Crippen molar-refractivity contribution in [3.05, 3.63) is 16.1 Å². The van der Waals surface area contributed by atoms with Crippen LogP contribution in [0.4, 0.5) is 0 Å². The summed E-state index contributed by atoms with van der Waals surface area (Å²) in [6, 6.07) is 0. The molecule has 0 unspecified atom stereocenters. The van der Waals surface area contributed by atoms with E-state index in [9.17, 15) is 0 Å². The fourth-order valence-corrected chi connectivity index (χ4v) is 4.27. The quantitative estimate of drug-likeness (QED) is 0.855. The van der Waals surface area contributed by atoms with Crippen molar-refractivity contribution in [2.24, 2.45) is 0 Å². The van der Waals surface area contributed by atoms with E-state index < -0.39 is 0 Å². The van der Waals surface area contributed by atoms with E-state index in [-0.39, 0.29) is 11.0 Å². The van der Waals surface area contributed by atoms with Crippen LogP contribution in [0.15, 0.2) is 6.20 Å². The minimum absolute atomic E-state index is 0.0803. The molecule has 4 nitrogen and oxygen atoms in total. The average Bonchev–Trinajstić information content (AvgIpc) is 3.08. The molecule has 3 rings (SSSR count). The van der Waals surface area contributed by atoms with Crippen LogP contribution in [0.1, 0.15) is 50.4 Å². The van der Waals surface area contributed by atoms with Crippen LogP contribution in [-0.2, 0) is 21.4 Å². The van der Waals surface area contributed by atoms with Gasteiger partial charge in [-0.05, 0) is 11.8 Å². The van der Waals surface area contributed by atoms with Gasteiger partial charge in [-0.1, -0.05) is 27.7 Å². The maximum absolute atomic E-state index is 6.33. The van der Waals surface area contributed by atoms with Gasteiger partial charge in [0.25, 0.3) is 0 Å². The highest BCUT2D eigenvalue weighted by Gasteiger charge is 2.43. The molecule has 2 aliphatic heterocycles. The molecule has 1 aromatic heterocycles. The van der Waals surface area contributed by atoms with Crippen molar-refractivity contribution < 1.29 is 9.47 Å². The first-order valence-electron chi connectivity index (χ1n) is 8.33. The van der Waals surface area contributed by atoms with Crippen LogP contribution >= 0.6 is 11.3 Å². The second-order valence-corrected chi connectivity index (χ2v) is 8.79. The van der Waals surface area contributed by atoms with Crippen molar-refractivity contribution in [2.75, 3.05) is 26.3 Å².